The van der Waals surface area contributed by atoms with Crippen molar-refractivity contribution in [3.8, 4) is 0 Å². The van der Waals surface area contributed by atoms with Crippen LogP contribution < -0.4 is 10.6 Å². The number of hydrogen-bond acceptors (Lipinski definition) is 3. The Labute approximate surface area is 157 Å². The van der Waals surface area contributed by atoms with E-state index >= 15 is 0 Å². The first-order valence-corrected chi connectivity index (χ1v) is 9.69. The van der Waals surface area contributed by atoms with Crippen LogP contribution >= 0.6 is 0 Å². The van der Waals surface area contributed by atoms with E-state index in [1.54, 1.807) is 19.2 Å². The molecule has 1 aliphatic heterocycles. The highest BCUT2D eigenvalue weighted by atomic mass is 19.1. The highest BCUT2D eigenvalue weighted by molar-refractivity contribution is 5.79. The number of hydrogen-bond donors (Lipinski definition) is 2. The summed E-state index contributed by atoms with van der Waals surface area (Å²) in [4.78, 5) is 6.82. The lowest BCUT2D eigenvalue weighted by Crippen LogP contribution is -2.53. The second-order valence-electron chi connectivity index (χ2n) is 6.69. The number of guanidine groups is 1. The van der Waals surface area contributed by atoms with Crippen LogP contribution in [0.1, 0.15) is 32.3 Å². The zero-order valence-corrected chi connectivity index (χ0v) is 16.3. The summed E-state index contributed by atoms with van der Waals surface area (Å²) in [5, 5.41) is 6.66. The molecule has 0 aromatic heterocycles. The molecule has 6 heteroatoms. The highest BCUT2D eigenvalue weighted by Gasteiger charge is 2.26. The molecule has 0 aliphatic carbocycles. The van der Waals surface area contributed by atoms with E-state index in [0.717, 1.165) is 45.7 Å². The fourth-order valence-corrected chi connectivity index (χ4v) is 3.58. The molecule has 26 heavy (non-hydrogen) atoms. The van der Waals surface area contributed by atoms with Gasteiger partial charge in [-0.25, -0.2) is 4.39 Å². The number of ether oxygens (including phenoxy) is 1. The number of nitrogens with one attached hydrogen (secondary N) is 2. The third-order valence-corrected chi connectivity index (χ3v) is 5.21. The van der Waals surface area contributed by atoms with Crippen molar-refractivity contribution < 1.29 is 9.13 Å². The van der Waals surface area contributed by atoms with Crippen LogP contribution in [0.4, 0.5) is 4.39 Å². The van der Waals surface area contributed by atoms with Crippen LogP contribution in [0.15, 0.2) is 29.3 Å². The molecule has 1 atom stereocenters. The summed E-state index contributed by atoms with van der Waals surface area (Å²) in [6.45, 7) is 9.31. The molecule has 0 amide bonds. The summed E-state index contributed by atoms with van der Waals surface area (Å²) in [7, 11) is 1.75. The first-order chi connectivity index (χ1) is 12.7. The number of halogens is 1. The largest absolute Gasteiger partial charge is 0.379 e. The number of aliphatic imine (C=N–C) groups is 1. The lowest BCUT2D eigenvalue weighted by atomic mass is 9.92. The average Bonchev–Trinajstić information content (AvgIpc) is 2.69. The Morgan fingerprint density at radius 3 is 2.50 bits per heavy atom. The summed E-state index contributed by atoms with van der Waals surface area (Å²) >= 11 is 0. The zero-order valence-electron chi connectivity index (χ0n) is 16.3. The maximum Gasteiger partial charge on any atom is 0.191 e. The monoisotopic (exact) mass is 364 g/mol. The van der Waals surface area contributed by atoms with Crippen molar-refractivity contribution >= 4 is 5.96 Å². The minimum absolute atomic E-state index is 0.196. The molecule has 0 radical (unpaired) electrons. The molecule has 0 bridgehead atoms. The van der Waals surface area contributed by atoms with Gasteiger partial charge in [-0.1, -0.05) is 44.9 Å². The van der Waals surface area contributed by atoms with Crippen LogP contribution in [-0.4, -0.2) is 56.8 Å². The van der Waals surface area contributed by atoms with Crippen molar-refractivity contribution in [1.29, 1.82) is 0 Å². The van der Waals surface area contributed by atoms with Crippen LogP contribution in [0.3, 0.4) is 0 Å². The maximum atomic E-state index is 13.8. The Balaban J connectivity index is 1.93. The van der Waals surface area contributed by atoms with Gasteiger partial charge in [-0.05, 0) is 12.0 Å². The predicted octanol–water partition coefficient (Wildman–Crippen LogP) is 2.63. The molecule has 2 N–H and O–H groups in total. The van der Waals surface area contributed by atoms with Crippen molar-refractivity contribution in [3.63, 3.8) is 0 Å². The summed E-state index contributed by atoms with van der Waals surface area (Å²) in [5.74, 6) is 1.14. The molecule has 1 aromatic rings. The molecule has 1 aliphatic rings. The van der Waals surface area contributed by atoms with Gasteiger partial charge in [-0.2, -0.15) is 0 Å². The zero-order chi connectivity index (χ0) is 18.8. The van der Waals surface area contributed by atoms with Crippen LogP contribution in [0, 0.1) is 11.7 Å². The van der Waals surface area contributed by atoms with Crippen LogP contribution in [-0.2, 0) is 11.3 Å². The Hall–Kier alpha value is -1.66. The fourth-order valence-electron chi connectivity index (χ4n) is 3.58. The third-order valence-electron chi connectivity index (χ3n) is 5.21. The second kappa shape index (κ2) is 11.1. The molecule has 0 saturated carbocycles. The molecule has 1 unspecified atom stereocenters. The van der Waals surface area contributed by atoms with E-state index in [-0.39, 0.29) is 5.82 Å². The molecular weight excluding hydrogens is 331 g/mol. The van der Waals surface area contributed by atoms with E-state index in [1.807, 2.05) is 6.07 Å². The molecule has 5 nitrogen and oxygen atoms in total. The van der Waals surface area contributed by atoms with Crippen molar-refractivity contribution in [2.24, 2.45) is 10.9 Å². The molecule has 1 fully saturated rings. The summed E-state index contributed by atoms with van der Waals surface area (Å²) < 4.78 is 19.3. The van der Waals surface area contributed by atoms with Crippen LogP contribution in [0.25, 0.3) is 0 Å². The Morgan fingerprint density at radius 1 is 1.19 bits per heavy atom. The van der Waals surface area contributed by atoms with Crippen molar-refractivity contribution in [1.82, 2.24) is 15.5 Å². The second-order valence-corrected chi connectivity index (χ2v) is 6.69. The quantitative estimate of drug-likeness (QED) is 0.550. The van der Waals surface area contributed by atoms with Gasteiger partial charge in [0.15, 0.2) is 5.96 Å². The minimum Gasteiger partial charge on any atom is -0.379 e. The molecule has 1 heterocycles. The smallest absolute Gasteiger partial charge is 0.191 e. The summed E-state index contributed by atoms with van der Waals surface area (Å²) in [6.07, 6.45) is 2.31. The van der Waals surface area contributed by atoms with Gasteiger partial charge in [0.05, 0.1) is 13.2 Å². The van der Waals surface area contributed by atoms with E-state index < -0.39 is 0 Å². The Kier molecular flexibility index (Phi) is 8.85. The van der Waals surface area contributed by atoms with Gasteiger partial charge in [-0.3, -0.25) is 9.89 Å². The maximum absolute atomic E-state index is 13.8. The molecule has 2 rings (SSSR count). The normalized spacial score (nSPS) is 17.3. The van der Waals surface area contributed by atoms with Crippen molar-refractivity contribution in [3.05, 3.63) is 35.6 Å². The number of benzene rings is 1. The van der Waals surface area contributed by atoms with Gasteiger partial charge in [0.25, 0.3) is 0 Å². The minimum atomic E-state index is -0.196. The Morgan fingerprint density at radius 2 is 1.88 bits per heavy atom. The molecule has 146 valence electrons. The molecule has 0 spiro atoms. The fraction of sp³-hybridized carbons (Fsp3) is 0.650. The lowest BCUT2D eigenvalue weighted by molar-refractivity contribution is 0.00272. The van der Waals surface area contributed by atoms with Gasteiger partial charge in [0.1, 0.15) is 5.82 Å². The van der Waals surface area contributed by atoms with E-state index in [0.29, 0.717) is 30.0 Å². The van der Waals surface area contributed by atoms with Crippen LogP contribution in [0.5, 0.6) is 0 Å². The van der Waals surface area contributed by atoms with Gasteiger partial charge in [-0.15, -0.1) is 0 Å². The highest BCUT2D eigenvalue weighted by Crippen LogP contribution is 2.19. The predicted molar refractivity (Wildman–Crippen MR) is 105 cm³/mol. The molecule has 1 saturated heterocycles. The third kappa shape index (κ3) is 5.95. The first kappa shape index (κ1) is 20.6. The van der Waals surface area contributed by atoms with E-state index in [9.17, 15) is 4.39 Å². The van der Waals surface area contributed by atoms with Crippen LogP contribution in [0.2, 0.25) is 0 Å². The number of morpholine rings is 1. The topological polar surface area (TPSA) is 48.9 Å². The van der Waals surface area contributed by atoms with Crippen molar-refractivity contribution in [2.45, 2.75) is 39.3 Å². The Bertz CT molecular complexity index is 556. The number of rotatable bonds is 8. The van der Waals surface area contributed by atoms with E-state index in [4.69, 9.17) is 4.74 Å². The van der Waals surface area contributed by atoms with Gasteiger partial charge >= 0.3 is 0 Å². The van der Waals surface area contributed by atoms with Gasteiger partial charge < -0.3 is 15.4 Å². The van der Waals surface area contributed by atoms with Gasteiger partial charge in [0, 0.05) is 44.8 Å². The molecule has 1 aromatic carbocycles. The van der Waals surface area contributed by atoms with Gasteiger partial charge in [0.2, 0.25) is 0 Å². The standard InChI is InChI=1S/C20H33FN4O/c1-4-16(5-2)19(25-10-12-26-13-11-25)15-24-20(22-3)23-14-17-8-6-7-9-18(17)21/h6-9,16,19H,4-5,10-15H2,1-3H3,(H2,22,23,24). The number of nitrogens with zero attached hydrogens (tertiary/aromatic N) is 2. The summed E-state index contributed by atoms with van der Waals surface area (Å²) in [5.41, 5.74) is 0.639. The van der Waals surface area contributed by atoms with E-state index in [1.165, 1.54) is 6.07 Å². The van der Waals surface area contributed by atoms with Crippen molar-refractivity contribution in [2.75, 3.05) is 39.9 Å². The first-order valence-electron chi connectivity index (χ1n) is 9.69. The lowest BCUT2D eigenvalue weighted by Gasteiger charge is -2.39. The SMILES string of the molecule is CCC(CC)C(CNC(=NC)NCc1ccccc1F)N1CCOCC1. The molecular formula is C20H33FN4O. The van der Waals surface area contributed by atoms with E-state index in [2.05, 4.69) is 34.4 Å². The average molecular weight is 365 g/mol. The summed E-state index contributed by atoms with van der Waals surface area (Å²) in [6, 6.07) is 7.26.